The lowest BCUT2D eigenvalue weighted by atomic mass is 10.1. The van der Waals surface area contributed by atoms with Crippen molar-refractivity contribution in [1.82, 2.24) is 24.6 Å². The number of hydrogen-bond acceptors (Lipinski definition) is 5. The van der Waals surface area contributed by atoms with Crippen LogP contribution in [-0.2, 0) is 11.2 Å². The van der Waals surface area contributed by atoms with Gasteiger partial charge in [0.15, 0.2) is 5.65 Å². The van der Waals surface area contributed by atoms with Crippen molar-refractivity contribution < 1.29 is 4.79 Å². The first kappa shape index (κ1) is 22.2. The molecular weight excluding hydrogens is 400 g/mol. The Balaban J connectivity index is 1.60. The van der Waals surface area contributed by atoms with Crippen LogP contribution in [0.15, 0.2) is 36.5 Å². The van der Waals surface area contributed by atoms with Gasteiger partial charge in [0.25, 0.3) is 0 Å². The van der Waals surface area contributed by atoms with Crippen LogP contribution in [0, 0.1) is 5.92 Å². The average Bonchev–Trinajstić information content (AvgIpc) is 3.23. The molecule has 1 amide bonds. The second kappa shape index (κ2) is 10.1. The number of piperazine rings is 1. The highest BCUT2D eigenvalue weighted by molar-refractivity contribution is 5.88. The van der Waals surface area contributed by atoms with Gasteiger partial charge in [-0.1, -0.05) is 51.8 Å². The largest absolute Gasteiger partial charge is 0.352 e. The molecule has 7 nitrogen and oxygen atoms in total. The lowest BCUT2D eigenvalue weighted by Gasteiger charge is -2.35. The third-order valence-corrected chi connectivity index (χ3v) is 5.97. The molecule has 0 unspecified atom stereocenters. The van der Waals surface area contributed by atoms with E-state index in [0.717, 1.165) is 80.2 Å². The molecule has 1 aliphatic rings. The molecule has 0 bridgehead atoms. The molecule has 3 heterocycles. The van der Waals surface area contributed by atoms with E-state index in [0.29, 0.717) is 12.3 Å². The molecule has 170 valence electrons. The molecule has 1 saturated heterocycles. The molecule has 0 N–H and O–H groups in total. The second-order valence-corrected chi connectivity index (χ2v) is 9.02. The highest BCUT2D eigenvalue weighted by atomic mass is 16.2. The van der Waals surface area contributed by atoms with E-state index in [9.17, 15) is 4.79 Å². The minimum Gasteiger partial charge on any atom is -0.352 e. The first-order chi connectivity index (χ1) is 15.6. The maximum atomic E-state index is 12.5. The summed E-state index contributed by atoms with van der Waals surface area (Å²) in [6.07, 6.45) is 6.60. The van der Waals surface area contributed by atoms with Crippen molar-refractivity contribution in [3.8, 4) is 5.69 Å². The molecule has 1 fully saturated rings. The van der Waals surface area contributed by atoms with E-state index in [1.54, 1.807) is 0 Å². The van der Waals surface area contributed by atoms with E-state index in [4.69, 9.17) is 9.97 Å². The number of para-hydroxylation sites is 1. The number of nitrogens with zero attached hydrogens (tertiary/aromatic N) is 6. The SMILES string of the molecule is CCCCCC(=O)N1CCN(c2nc(CC(C)C)nc3c2cnn3-c2ccccc2)CC1. The van der Waals surface area contributed by atoms with Gasteiger partial charge in [0.1, 0.15) is 11.6 Å². The number of unbranched alkanes of at least 4 members (excludes halogenated alkanes) is 2. The molecule has 3 aromatic rings. The van der Waals surface area contributed by atoms with Gasteiger partial charge in [-0.25, -0.2) is 14.6 Å². The first-order valence-corrected chi connectivity index (χ1v) is 11.9. The topological polar surface area (TPSA) is 67.2 Å². The van der Waals surface area contributed by atoms with Crippen LogP contribution in [0.4, 0.5) is 5.82 Å². The van der Waals surface area contributed by atoms with Gasteiger partial charge in [-0.15, -0.1) is 0 Å². The summed E-state index contributed by atoms with van der Waals surface area (Å²) in [5.74, 6) is 2.53. The summed E-state index contributed by atoms with van der Waals surface area (Å²) in [6, 6.07) is 10.1. The van der Waals surface area contributed by atoms with Crippen molar-refractivity contribution >= 4 is 22.8 Å². The molecule has 7 heteroatoms. The first-order valence-electron chi connectivity index (χ1n) is 11.9. The van der Waals surface area contributed by atoms with Gasteiger partial charge < -0.3 is 9.80 Å². The van der Waals surface area contributed by atoms with Crippen molar-refractivity contribution in [2.75, 3.05) is 31.1 Å². The van der Waals surface area contributed by atoms with Crippen molar-refractivity contribution in [3.05, 3.63) is 42.4 Å². The van der Waals surface area contributed by atoms with Crippen LogP contribution in [0.5, 0.6) is 0 Å². The Bertz CT molecular complexity index is 1040. The van der Waals surface area contributed by atoms with Gasteiger partial charge in [-0.3, -0.25) is 4.79 Å². The molecule has 4 rings (SSSR count). The number of aromatic nitrogens is 4. The monoisotopic (exact) mass is 434 g/mol. The van der Waals surface area contributed by atoms with E-state index in [2.05, 4.69) is 30.8 Å². The fraction of sp³-hybridized carbons (Fsp3) is 0.520. The molecule has 0 spiro atoms. The fourth-order valence-electron chi connectivity index (χ4n) is 4.24. The van der Waals surface area contributed by atoms with Crippen molar-refractivity contribution in [2.24, 2.45) is 5.92 Å². The molecule has 0 radical (unpaired) electrons. The normalized spacial score (nSPS) is 14.5. The summed E-state index contributed by atoms with van der Waals surface area (Å²) < 4.78 is 1.90. The molecular formula is C25H34N6O. The van der Waals surface area contributed by atoms with Crippen LogP contribution in [0.2, 0.25) is 0 Å². The van der Waals surface area contributed by atoms with Gasteiger partial charge in [-0.2, -0.15) is 5.10 Å². The second-order valence-electron chi connectivity index (χ2n) is 9.02. The molecule has 2 aromatic heterocycles. The zero-order chi connectivity index (χ0) is 22.5. The number of carbonyl (C=O) groups is 1. The molecule has 1 aromatic carbocycles. The van der Waals surface area contributed by atoms with Crippen molar-refractivity contribution in [3.63, 3.8) is 0 Å². The van der Waals surface area contributed by atoms with E-state index < -0.39 is 0 Å². The van der Waals surface area contributed by atoms with Gasteiger partial charge in [0, 0.05) is 39.0 Å². The average molecular weight is 435 g/mol. The Hall–Kier alpha value is -2.96. The zero-order valence-electron chi connectivity index (χ0n) is 19.5. The minimum atomic E-state index is 0.281. The van der Waals surface area contributed by atoms with E-state index in [-0.39, 0.29) is 5.91 Å². The maximum absolute atomic E-state index is 12.5. The number of carbonyl (C=O) groups excluding carboxylic acids is 1. The summed E-state index contributed by atoms with van der Waals surface area (Å²) in [6.45, 7) is 9.58. The Morgan fingerprint density at radius 1 is 1.03 bits per heavy atom. The lowest BCUT2D eigenvalue weighted by molar-refractivity contribution is -0.131. The highest BCUT2D eigenvalue weighted by Crippen LogP contribution is 2.27. The predicted molar refractivity (Wildman–Crippen MR) is 128 cm³/mol. The van der Waals surface area contributed by atoms with Crippen LogP contribution in [0.25, 0.3) is 16.7 Å². The molecule has 0 aliphatic carbocycles. The van der Waals surface area contributed by atoms with Crippen LogP contribution in [-0.4, -0.2) is 56.7 Å². The highest BCUT2D eigenvalue weighted by Gasteiger charge is 2.25. The Kier molecular flexibility index (Phi) is 7.02. The van der Waals surface area contributed by atoms with Crippen LogP contribution >= 0.6 is 0 Å². The Morgan fingerprint density at radius 3 is 2.47 bits per heavy atom. The van der Waals surface area contributed by atoms with Gasteiger partial charge in [-0.05, 0) is 24.5 Å². The number of rotatable bonds is 8. The van der Waals surface area contributed by atoms with Crippen LogP contribution < -0.4 is 4.90 Å². The van der Waals surface area contributed by atoms with Crippen molar-refractivity contribution in [2.45, 2.75) is 52.9 Å². The summed E-state index contributed by atoms with van der Waals surface area (Å²) in [5, 5.41) is 5.61. The lowest BCUT2D eigenvalue weighted by Crippen LogP contribution is -2.49. The number of benzene rings is 1. The third kappa shape index (κ3) is 4.92. The van der Waals surface area contributed by atoms with Crippen molar-refractivity contribution in [1.29, 1.82) is 0 Å². The van der Waals surface area contributed by atoms with Gasteiger partial charge >= 0.3 is 0 Å². The minimum absolute atomic E-state index is 0.281. The zero-order valence-corrected chi connectivity index (χ0v) is 19.5. The summed E-state index contributed by atoms with van der Waals surface area (Å²) in [4.78, 5) is 26.7. The molecule has 0 atom stereocenters. The summed E-state index contributed by atoms with van der Waals surface area (Å²) >= 11 is 0. The maximum Gasteiger partial charge on any atom is 0.222 e. The quantitative estimate of drug-likeness (QED) is 0.496. The van der Waals surface area contributed by atoms with E-state index in [1.165, 1.54) is 0 Å². The van der Waals surface area contributed by atoms with E-state index >= 15 is 0 Å². The number of hydrogen-bond donors (Lipinski definition) is 0. The van der Waals surface area contributed by atoms with Gasteiger partial charge in [0.2, 0.25) is 5.91 Å². The Labute approximate surface area is 190 Å². The standard InChI is InChI=1S/C25H34N6O/c1-4-5-7-12-23(32)29-13-15-30(16-14-29)24-21-18-26-31(20-10-8-6-9-11-20)25(21)28-22(27-24)17-19(2)3/h6,8-11,18-19H,4-5,7,12-17H2,1-3H3. The van der Waals surface area contributed by atoms with Crippen LogP contribution in [0.3, 0.4) is 0 Å². The number of amides is 1. The summed E-state index contributed by atoms with van der Waals surface area (Å²) in [7, 11) is 0. The van der Waals surface area contributed by atoms with Crippen LogP contribution in [0.1, 0.15) is 52.3 Å². The third-order valence-electron chi connectivity index (χ3n) is 5.97. The number of fused-ring (bicyclic) bond motifs is 1. The number of anilines is 1. The molecule has 1 aliphatic heterocycles. The smallest absolute Gasteiger partial charge is 0.222 e. The van der Waals surface area contributed by atoms with Gasteiger partial charge in [0.05, 0.1) is 17.3 Å². The Morgan fingerprint density at radius 2 is 1.78 bits per heavy atom. The molecule has 32 heavy (non-hydrogen) atoms. The fourth-order valence-corrected chi connectivity index (χ4v) is 4.24. The summed E-state index contributed by atoms with van der Waals surface area (Å²) in [5.41, 5.74) is 1.83. The molecule has 0 saturated carbocycles. The predicted octanol–water partition coefficient (Wildman–Crippen LogP) is 4.24. The van der Waals surface area contributed by atoms with E-state index in [1.807, 2.05) is 46.1 Å².